The number of carbonyl (C=O) groups excluding carboxylic acids is 1. The van der Waals surface area contributed by atoms with Gasteiger partial charge in [-0.25, -0.2) is 0 Å². The highest BCUT2D eigenvalue weighted by molar-refractivity contribution is 6.30. The second kappa shape index (κ2) is 9.33. The molecule has 0 radical (unpaired) electrons. The molecule has 0 aliphatic carbocycles. The minimum absolute atomic E-state index is 0.0821. The maximum absolute atomic E-state index is 12.3. The number of carbonyl (C=O) groups is 1. The van der Waals surface area contributed by atoms with E-state index in [1.54, 1.807) is 18.2 Å². The maximum atomic E-state index is 12.3. The van der Waals surface area contributed by atoms with E-state index in [2.05, 4.69) is 36.5 Å². The average molecular weight is 346 g/mol. The van der Waals surface area contributed by atoms with Crippen LogP contribution in [0.4, 0.5) is 0 Å². The Morgan fingerprint density at radius 1 is 1.21 bits per heavy atom. The Morgan fingerprint density at radius 2 is 1.96 bits per heavy atom. The average Bonchev–Trinajstić information content (AvgIpc) is 2.58. The van der Waals surface area contributed by atoms with E-state index in [0.29, 0.717) is 23.7 Å². The van der Waals surface area contributed by atoms with Crippen LogP contribution in [0.5, 0.6) is 5.75 Å². The summed E-state index contributed by atoms with van der Waals surface area (Å²) in [5.41, 5.74) is 2.55. The van der Waals surface area contributed by atoms with Crippen molar-refractivity contribution in [2.45, 2.75) is 39.2 Å². The van der Waals surface area contributed by atoms with Gasteiger partial charge in [0.25, 0.3) is 5.91 Å². The standard InChI is InChI=1S/C20H24ClNO2/c1-3-19(24-18-8-4-7-17(21)14-18)20(23)22-13-5-6-16-11-9-15(2)10-12-16/h4,7-12,14,19H,3,5-6,13H2,1-2H3,(H,22,23)/t19-/m1/s1. The van der Waals surface area contributed by atoms with Gasteiger partial charge in [0.15, 0.2) is 6.10 Å². The van der Waals surface area contributed by atoms with E-state index in [0.717, 1.165) is 12.8 Å². The highest BCUT2D eigenvalue weighted by Gasteiger charge is 2.17. The first-order chi connectivity index (χ1) is 11.6. The summed E-state index contributed by atoms with van der Waals surface area (Å²) in [5, 5.41) is 3.55. The lowest BCUT2D eigenvalue weighted by molar-refractivity contribution is -0.128. The predicted octanol–water partition coefficient (Wildman–Crippen LogP) is 4.55. The number of rotatable bonds is 8. The fourth-order valence-corrected chi connectivity index (χ4v) is 2.58. The van der Waals surface area contributed by atoms with E-state index in [1.165, 1.54) is 11.1 Å². The molecule has 0 bridgehead atoms. The van der Waals surface area contributed by atoms with Gasteiger partial charge in [-0.1, -0.05) is 54.4 Å². The lowest BCUT2D eigenvalue weighted by Gasteiger charge is -2.17. The molecule has 128 valence electrons. The molecule has 3 nitrogen and oxygen atoms in total. The highest BCUT2D eigenvalue weighted by Crippen LogP contribution is 2.19. The minimum atomic E-state index is -0.497. The van der Waals surface area contributed by atoms with Crippen LogP contribution >= 0.6 is 11.6 Å². The van der Waals surface area contributed by atoms with Gasteiger partial charge in [0.05, 0.1) is 0 Å². The van der Waals surface area contributed by atoms with Crippen molar-refractivity contribution in [1.29, 1.82) is 0 Å². The largest absolute Gasteiger partial charge is 0.481 e. The van der Waals surface area contributed by atoms with Crippen molar-refractivity contribution >= 4 is 17.5 Å². The van der Waals surface area contributed by atoms with Gasteiger partial charge < -0.3 is 10.1 Å². The zero-order valence-electron chi connectivity index (χ0n) is 14.2. The van der Waals surface area contributed by atoms with E-state index >= 15 is 0 Å². The maximum Gasteiger partial charge on any atom is 0.261 e. The molecular formula is C20H24ClNO2. The fraction of sp³-hybridized carbons (Fsp3) is 0.350. The SMILES string of the molecule is CC[C@@H](Oc1cccc(Cl)c1)C(=O)NCCCc1ccc(C)cc1. The van der Waals surface area contributed by atoms with Gasteiger partial charge in [-0.15, -0.1) is 0 Å². The summed E-state index contributed by atoms with van der Waals surface area (Å²) in [5.74, 6) is 0.533. The summed E-state index contributed by atoms with van der Waals surface area (Å²) in [7, 11) is 0. The molecule has 0 saturated carbocycles. The Bertz CT molecular complexity index is 655. The van der Waals surface area contributed by atoms with Crippen LogP contribution in [0.2, 0.25) is 5.02 Å². The number of halogens is 1. The molecule has 2 aromatic carbocycles. The van der Waals surface area contributed by atoms with Gasteiger partial charge in [0, 0.05) is 11.6 Å². The van der Waals surface area contributed by atoms with E-state index < -0.39 is 6.10 Å². The van der Waals surface area contributed by atoms with Crippen molar-refractivity contribution in [3.8, 4) is 5.75 Å². The molecule has 0 spiro atoms. The van der Waals surface area contributed by atoms with Gasteiger partial charge in [0.2, 0.25) is 0 Å². The quantitative estimate of drug-likeness (QED) is 0.712. The Balaban J connectivity index is 1.76. The smallest absolute Gasteiger partial charge is 0.261 e. The van der Waals surface area contributed by atoms with Crippen LogP contribution < -0.4 is 10.1 Å². The molecule has 0 aliphatic heterocycles. The van der Waals surface area contributed by atoms with Gasteiger partial charge in [-0.05, 0) is 49.9 Å². The van der Waals surface area contributed by atoms with Crippen molar-refractivity contribution in [1.82, 2.24) is 5.32 Å². The van der Waals surface area contributed by atoms with E-state index in [4.69, 9.17) is 16.3 Å². The van der Waals surface area contributed by atoms with Gasteiger partial charge >= 0.3 is 0 Å². The Labute approximate surface area is 149 Å². The van der Waals surface area contributed by atoms with Crippen LogP contribution in [0.1, 0.15) is 30.9 Å². The zero-order valence-corrected chi connectivity index (χ0v) is 15.0. The number of hydrogen-bond donors (Lipinski definition) is 1. The summed E-state index contributed by atoms with van der Waals surface area (Å²) in [6.07, 6.45) is 1.97. The molecular weight excluding hydrogens is 322 g/mol. The predicted molar refractivity (Wildman–Crippen MR) is 98.7 cm³/mol. The van der Waals surface area contributed by atoms with Gasteiger partial charge in [-0.3, -0.25) is 4.79 Å². The second-order valence-corrected chi connectivity index (χ2v) is 6.29. The van der Waals surface area contributed by atoms with Crippen molar-refractivity contribution in [2.24, 2.45) is 0 Å². The molecule has 0 aromatic heterocycles. The first kappa shape index (κ1) is 18.3. The Kier molecular flexibility index (Phi) is 7.13. The summed E-state index contributed by atoms with van der Waals surface area (Å²) < 4.78 is 5.74. The molecule has 1 atom stereocenters. The van der Waals surface area contributed by atoms with Crippen LogP contribution in [0.3, 0.4) is 0 Å². The molecule has 0 heterocycles. The molecule has 1 amide bonds. The Hall–Kier alpha value is -2.00. The molecule has 2 rings (SSSR count). The summed E-state index contributed by atoms with van der Waals surface area (Å²) in [6.45, 7) is 4.65. The topological polar surface area (TPSA) is 38.3 Å². The third-order valence-electron chi connectivity index (χ3n) is 3.80. The van der Waals surface area contributed by atoms with Crippen molar-refractivity contribution in [2.75, 3.05) is 6.54 Å². The second-order valence-electron chi connectivity index (χ2n) is 5.85. The molecule has 1 N–H and O–H groups in total. The number of amides is 1. The molecule has 2 aromatic rings. The molecule has 0 fully saturated rings. The summed E-state index contributed by atoms with van der Waals surface area (Å²) >= 11 is 5.94. The normalized spacial score (nSPS) is 11.8. The van der Waals surface area contributed by atoms with Crippen LogP contribution in [0.25, 0.3) is 0 Å². The van der Waals surface area contributed by atoms with Crippen molar-refractivity contribution < 1.29 is 9.53 Å². The van der Waals surface area contributed by atoms with Gasteiger partial charge in [0.1, 0.15) is 5.75 Å². The molecule has 0 unspecified atom stereocenters. The first-order valence-electron chi connectivity index (χ1n) is 8.34. The molecule has 0 saturated heterocycles. The monoisotopic (exact) mass is 345 g/mol. The lowest BCUT2D eigenvalue weighted by Crippen LogP contribution is -2.38. The third-order valence-corrected chi connectivity index (χ3v) is 4.03. The third kappa shape index (κ3) is 5.89. The van der Waals surface area contributed by atoms with Crippen molar-refractivity contribution in [3.05, 3.63) is 64.7 Å². The number of benzene rings is 2. The molecule has 4 heteroatoms. The van der Waals surface area contributed by atoms with E-state index in [-0.39, 0.29) is 5.91 Å². The Morgan fingerprint density at radius 3 is 2.62 bits per heavy atom. The lowest BCUT2D eigenvalue weighted by atomic mass is 10.1. The molecule has 0 aliphatic rings. The minimum Gasteiger partial charge on any atom is -0.481 e. The molecule has 24 heavy (non-hydrogen) atoms. The van der Waals surface area contributed by atoms with Crippen molar-refractivity contribution in [3.63, 3.8) is 0 Å². The van der Waals surface area contributed by atoms with Crippen LogP contribution in [0.15, 0.2) is 48.5 Å². The van der Waals surface area contributed by atoms with Crippen LogP contribution in [-0.2, 0) is 11.2 Å². The van der Waals surface area contributed by atoms with Crippen LogP contribution in [-0.4, -0.2) is 18.6 Å². The van der Waals surface area contributed by atoms with E-state index in [1.807, 2.05) is 13.0 Å². The fourth-order valence-electron chi connectivity index (χ4n) is 2.40. The highest BCUT2D eigenvalue weighted by atomic mass is 35.5. The number of aryl methyl sites for hydroxylation is 2. The number of ether oxygens (including phenoxy) is 1. The summed E-state index contributed by atoms with van der Waals surface area (Å²) in [4.78, 5) is 12.3. The van der Waals surface area contributed by atoms with Crippen LogP contribution in [0, 0.1) is 6.92 Å². The van der Waals surface area contributed by atoms with E-state index in [9.17, 15) is 4.79 Å². The summed E-state index contributed by atoms with van der Waals surface area (Å²) in [6, 6.07) is 15.6. The van der Waals surface area contributed by atoms with Gasteiger partial charge in [-0.2, -0.15) is 0 Å². The zero-order chi connectivity index (χ0) is 17.4. The number of hydrogen-bond acceptors (Lipinski definition) is 2. The first-order valence-corrected chi connectivity index (χ1v) is 8.71. The number of nitrogens with one attached hydrogen (secondary N) is 1.